The summed E-state index contributed by atoms with van der Waals surface area (Å²) in [6.07, 6.45) is 7.76. The Kier molecular flexibility index (Phi) is 7.33. The Bertz CT molecular complexity index is 744. The van der Waals surface area contributed by atoms with Crippen LogP contribution in [0.5, 0.6) is 11.5 Å². The fourth-order valence-electron chi connectivity index (χ4n) is 5.31. The second kappa shape index (κ2) is 9.59. The number of phenolic OH excluding ortho intramolecular Hbond substituents is 1. The van der Waals surface area contributed by atoms with Crippen LogP contribution >= 0.6 is 0 Å². The Balaban J connectivity index is 1.65. The van der Waals surface area contributed by atoms with Gasteiger partial charge in [-0.25, -0.2) is 0 Å². The van der Waals surface area contributed by atoms with Crippen molar-refractivity contribution in [2.45, 2.75) is 77.2 Å². The number of unbranched alkanes of at least 4 members (excludes halogenated alkanes) is 3. The molecule has 30 heavy (non-hydrogen) atoms. The van der Waals surface area contributed by atoms with Crippen LogP contribution in [0.4, 0.5) is 0 Å². The third-order valence-corrected chi connectivity index (χ3v) is 6.99. The van der Waals surface area contributed by atoms with Crippen LogP contribution < -0.4 is 10.1 Å². The first-order valence-electron chi connectivity index (χ1n) is 11.7. The molecule has 2 N–H and O–H groups in total. The highest BCUT2D eigenvalue weighted by Crippen LogP contribution is 2.55. The molecule has 0 saturated heterocycles. The summed E-state index contributed by atoms with van der Waals surface area (Å²) >= 11 is 0. The molecule has 3 atom stereocenters. The highest BCUT2D eigenvalue weighted by Gasteiger charge is 2.47. The summed E-state index contributed by atoms with van der Waals surface area (Å²) in [5.74, 6) is 1.91. The van der Waals surface area contributed by atoms with Gasteiger partial charge in [0.05, 0.1) is 5.56 Å². The fraction of sp³-hybridized carbons (Fsp3) is 0.720. The average molecular weight is 417 g/mol. The minimum atomic E-state index is -0.249. The first kappa shape index (κ1) is 22.9. The van der Waals surface area contributed by atoms with E-state index in [2.05, 4.69) is 45.1 Å². The van der Waals surface area contributed by atoms with E-state index in [9.17, 15) is 9.90 Å². The van der Waals surface area contributed by atoms with Gasteiger partial charge < -0.3 is 20.1 Å². The zero-order valence-electron chi connectivity index (χ0n) is 19.5. The molecule has 5 nitrogen and oxygen atoms in total. The second-order valence-electron chi connectivity index (χ2n) is 10.2. The summed E-state index contributed by atoms with van der Waals surface area (Å²) in [5.41, 5.74) is 0.976. The summed E-state index contributed by atoms with van der Waals surface area (Å²) in [6.45, 7) is 8.34. The molecule has 3 rings (SSSR count). The Labute approximate surface area is 182 Å². The number of ether oxygens (including phenoxy) is 1. The van der Waals surface area contributed by atoms with Crippen molar-refractivity contribution in [1.82, 2.24) is 10.2 Å². The molecule has 1 aliphatic carbocycles. The van der Waals surface area contributed by atoms with Gasteiger partial charge in [-0.3, -0.25) is 4.79 Å². The molecule has 5 heteroatoms. The van der Waals surface area contributed by atoms with E-state index in [1.165, 1.54) is 19.3 Å². The molecule has 0 bridgehead atoms. The smallest absolute Gasteiger partial charge is 0.255 e. The molecule has 1 heterocycles. The Hall–Kier alpha value is -1.75. The number of phenols is 1. The summed E-state index contributed by atoms with van der Waals surface area (Å²) in [7, 11) is 4.18. The molecule has 0 spiro atoms. The number of rotatable bonds is 8. The van der Waals surface area contributed by atoms with E-state index in [0.29, 0.717) is 23.9 Å². The van der Waals surface area contributed by atoms with Crippen LogP contribution in [0.1, 0.15) is 87.6 Å². The fourth-order valence-corrected chi connectivity index (χ4v) is 5.31. The van der Waals surface area contributed by atoms with Crippen molar-refractivity contribution < 1.29 is 14.6 Å². The largest absolute Gasteiger partial charge is 0.507 e. The van der Waals surface area contributed by atoms with E-state index in [1.807, 2.05) is 6.07 Å². The second-order valence-corrected chi connectivity index (χ2v) is 10.2. The molecular weight excluding hydrogens is 376 g/mol. The molecule has 0 radical (unpaired) electrons. The molecule has 0 unspecified atom stereocenters. The Morgan fingerprint density at radius 1 is 1.20 bits per heavy atom. The van der Waals surface area contributed by atoms with Gasteiger partial charge in [-0.05, 0) is 84.1 Å². The topological polar surface area (TPSA) is 61.8 Å². The standard InChI is InChI=1S/C25H40N2O3/c1-17-10-12-20-19(16-17)22-21(30-25(20,2)3)13-11-18(23(22)28)24(29)26-14-8-6-7-9-15-27(4)5/h11,13,17,19-20,28H,6-10,12,14-16H2,1-5H3,(H,26,29)/t17-,19-,20-/m1/s1. The molecule has 168 valence electrons. The van der Waals surface area contributed by atoms with Crippen molar-refractivity contribution in [3.05, 3.63) is 23.3 Å². The highest BCUT2D eigenvalue weighted by atomic mass is 16.5. The number of amides is 1. The summed E-state index contributed by atoms with van der Waals surface area (Å²) in [6, 6.07) is 3.59. The summed E-state index contributed by atoms with van der Waals surface area (Å²) in [4.78, 5) is 15.0. The van der Waals surface area contributed by atoms with Crippen LogP contribution in [0, 0.1) is 11.8 Å². The van der Waals surface area contributed by atoms with Crippen molar-refractivity contribution in [3.63, 3.8) is 0 Å². The van der Waals surface area contributed by atoms with Crippen molar-refractivity contribution in [3.8, 4) is 11.5 Å². The van der Waals surface area contributed by atoms with Crippen molar-refractivity contribution in [1.29, 1.82) is 0 Å². The van der Waals surface area contributed by atoms with E-state index in [0.717, 1.165) is 43.5 Å². The minimum Gasteiger partial charge on any atom is -0.507 e. The number of benzene rings is 1. The number of fused-ring (bicyclic) bond motifs is 3. The van der Waals surface area contributed by atoms with E-state index < -0.39 is 0 Å². The average Bonchev–Trinajstić information content (AvgIpc) is 2.66. The number of hydrogen-bond donors (Lipinski definition) is 2. The molecule has 1 fully saturated rings. The number of aromatic hydroxyl groups is 1. The third-order valence-electron chi connectivity index (χ3n) is 6.99. The molecule has 1 aromatic carbocycles. The zero-order valence-corrected chi connectivity index (χ0v) is 19.5. The lowest BCUT2D eigenvalue weighted by molar-refractivity contribution is -0.0145. The van der Waals surface area contributed by atoms with Crippen molar-refractivity contribution in [2.75, 3.05) is 27.2 Å². The number of nitrogens with one attached hydrogen (secondary N) is 1. The lowest BCUT2D eigenvalue weighted by Gasteiger charge is -2.48. The number of nitrogens with zero attached hydrogens (tertiary/aromatic N) is 1. The van der Waals surface area contributed by atoms with Gasteiger partial charge in [0.25, 0.3) is 5.91 Å². The predicted molar refractivity (Wildman–Crippen MR) is 121 cm³/mol. The maximum Gasteiger partial charge on any atom is 0.255 e. The quantitative estimate of drug-likeness (QED) is 0.590. The molecule has 1 aromatic rings. The first-order valence-corrected chi connectivity index (χ1v) is 11.7. The van der Waals surface area contributed by atoms with Crippen LogP contribution in [0.15, 0.2) is 12.1 Å². The Morgan fingerprint density at radius 2 is 1.93 bits per heavy atom. The van der Waals surface area contributed by atoms with Gasteiger partial charge in [0.2, 0.25) is 0 Å². The van der Waals surface area contributed by atoms with Gasteiger partial charge in [-0.2, -0.15) is 0 Å². The van der Waals surface area contributed by atoms with E-state index >= 15 is 0 Å². The highest BCUT2D eigenvalue weighted by molar-refractivity contribution is 5.97. The summed E-state index contributed by atoms with van der Waals surface area (Å²) < 4.78 is 6.30. The van der Waals surface area contributed by atoms with E-state index in [1.54, 1.807) is 6.07 Å². The van der Waals surface area contributed by atoms with Crippen molar-refractivity contribution >= 4 is 5.91 Å². The molecule has 1 amide bonds. The molecule has 2 aliphatic rings. The van der Waals surface area contributed by atoms with Gasteiger partial charge in [-0.1, -0.05) is 26.2 Å². The SMILES string of the molecule is C[C@@H]1CC[C@@H]2[C@@H](C1)c1c(ccc(C(=O)NCCCCCCN(C)C)c1O)OC2(C)C. The van der Waals surface area contributed by atoms with E-state index in [-0.39, 0.29) is 23.2 Å². The maximum absolute atomic E-state index is 12.8. The predicted octanol–water partition coefficient (Wildman–Crippen LogP) is 4.93. The summed E-state index contributed by atoms with van der Waals surface area (Å²) in [5, 5.41) is 14.1. The van der Waals surface area contributed by atoms with Crippen LogP contribution in [0.3, 0.4) is 0 Å². The molecule has 1 saturated carbocycles. The first-order chi connectivity index (χ1) is 14.2. The maximum atomic E-state index is 12.8. The van der Waals surface area contributed by atoms with Crippen LogP contribution in [-0.2, 0) is 0 Å². The molecular formula is C25H40N2O3. The van der Waals surface area contributed by atoms with Gasteiger partial charge >= 0.3 is 0 Å². The van der Waals surface area contributed by atoms with Gasteiger partial charge in [0, 0.05) is 18.0 Å². The van der Waals surface area contributed by atoms with Crippen molar-refractivity contribution in [2.24, 2.45) is 11.8 Å². The van der Waals surface area contributed by atoms with Crippen LogP contribution in [-0.4, -0.2) is 48.7 Å². The number of carbonyl (C=O) groups is 1. The number of carbonyl (C=O) groups excluding carboxylic acids is 1. The van der Waals surface area contributed by atoms with Crippen LogP contribution in [0.25, 0.3) is 0 Å². The van der Waals surface area contributed by atoms with Crippen LogP contribution in [0.2, 0.25) is 0 Å². The monoisotopic (exact) mass is 416 g/mol. The molecule has 0 aromatic heterocycles. The molecule has 1 aliphatic heterocycles. The van der Waals surface area contributed by atoms with Gasteiger partial charge in [0.1, 0.15) is 17.1 Å². The van der Waals surface area contributed by atoms with Gasteiger partial charge in [-0.15, -0.1) is 0 Å². The lowest BCUT2D eigenvalue weighted by atomic mass is 9.64. The number of hydrogen-bond acceptors (Lipinski definition) is 4. The normalized spacial score (nSPS) is 24.7. The Morgan fingerprint density at radius 3 is 2.67 bits per heavy atom. The van der Waals surface area contributed by atoms with Gasteiger partial charge in [0.15, 0.2) is 0 Å². The third kappa shape index (κ3) is 5.11. The minimum absolute atomic E-state index is 0.121. The lowest BCUT2D eigenvalue weighted by Crippen LogP contribution is -2.46. The zero-order chi connectivity index (χ0) is 21.9. The van der Waals surface area contributed by atoms with E-state index in [4.69, 9.17) is 4.74 Å².